The SMILES string of the molecule is O=C(Nc1ccc(C(O)(C(F)(F)F)C(F)(F)F)cc1)c1cccnc1NCc1ccnc2[nH]ccc12. The van der Waals surface area contributed by atoms with Gasteiger partial charge in [-0.1, -0.05) is 12.1 Å². The van der Waals surface area contributed by atoms with Gasteiger partial charge in [0.15, 0.2) is 0 Å². The number of alkyl halides is 6. The van der Waals surface area contributed by atoms with Gasteiger partial charge in [-0.05, 0) is 42.0 Å². The van der Waals surface area contributed by atoms with Crippen LogP contribution < -0.4 is 10.6 Å². The molecule has 188 valence electrons. The molecule has 0 bridgehead atoms. The molecule has 0 unspecified atom stereocenters. The zero-order chi connectivity index (χ0) is 26.1. The lowest BCUT2D eigenvalue weighted by Gasteiger charge is -2.32. The first-order chi connectivity index (χ1) is 16.9. The lowest BCUT2D eigenvalue weighted by Crippen LogP contribution is -2.53. The van der Waals surface area contributed by atoms with Crippen molar-refractivity contribution in [3.05, 3.63) is 83.8 Å². The Bertz CT molecular complexity index is 1370. The number of halogens is 6. The molecular formula is C23H17F6N5O2. The minimum Gasteiger partial charge on any atom is -0.369 e. The van der Waals surface area contributed by atoms with Crippen molar-refractivity contribution in [3.63, 3.8) is 0 Å². The fourth-order valence-corrected chi connectivity index (χ4v) is 3.56. The van der Waals surface area contributed by atoms with Crippen molar-refractivity contribution < 1.29 is 36.2 Å². The van der Waals surface area contributed by atoms with E-state index in [1.165, 1.54) is 18.3 Å². The van der Waals surface area contributed by atoms with E-state index < -0.39 is 29.4 Å². The highest BCUT2D eigenvalue weighted by atomic mass is 19.4. The number of nitrogens with zero attached hydrogens (tertiary/aromatic N) is 2. The highest BCUT2D eigenvalue weighted by molar-refractivity contribution is 6.07. The Kier molecular flexibility index (Phi) is 6.35. The number of pyridine rings is 2. The predicted octanol–water partition coefficient (Wildman–Crippen LogP) is 5.13. The Hall–Kier alpha value is -4.13. The number of carbonyl (C=O) groups is 1. The Labute approximate surface area is 199 Å². The average molecular weight is 509 g/mol. The number of rotatable bonds is 6. The number of carbonyl (C=O) groups excluding carboxylic acids is 1. The number of fused-ring (bicyclic) bond motifs is 1. The maximum Gasteiger partial charge on any atom is 0.430 e. The van der Waals surface area contributed by atoms with Crippen molar-refractivity contribution in [1.82, 2.24) is 15.0 Å². The Balaban J connectivity index is 1.52. The first kappa shape index (κ1) is 25.0. The average Bonchev–Trinajstić information content (AvgIpc) is 3.31. The fourth-order valence-electron chi connectivity index (χ4n) is 3.56. The van der Waals surface area contributed by atoms with Gasteiger partial charge in [-0.2, -0.15) is 26.3 Å². The van der Waals surface area contributed by atoms with Crippen LogP contribution in [0.25, 0.3) is 11.0 Å². The number of hydrogen-bond acceptors (Lipinski definition) is 5. The molecule has 3 aromatic heterocycles. The predicted molar refractivity (Wildman–Crippen MR) is 118 cm³/mol. The maximum absolute atomic E-state index is 13.1. The largest absolute Gasteiger partial charge is 0.430 e. The van der Waals surface area contributed by atoms with E-state index in [-0.39, 0.29) is 23.6 Å². The van der Waals surface area contributed by atoms with Crippen LogP contribution in [0.4, 0.5) is 37.8 Å². The summed E-state index contributed by atoms with van der Waals surface area (Å²) in [5, 5.41) is 15.8. The van der Waals surface area contributed by atoms with E-state index in [2.05, 4.69) is 25.6 Å². The summed E-state index contributed by atoms with van der Waals surface area (Å²) in [6, 6.07) is 9.13. The van der Waals surface area contributed by atoms with Crippen LogP contribution in [-0.4, -0.2) is 38.3 Å². The molecule has 0 radical (unpaired) electrons. The van der Waals surface area contributed by atoms with Crippen LogP contribution in [0.1, 0.15) is 21.5 Å². The van der Waals surface area contributed by atoms with Crippen LogP contribution >= 0.6 is 0 Å². The number of aliphatic hydroxyl groups is 1. The first-order valence-electron chi connectivity index (χ1n) is 10.3. The second-order valence-electron chi connectivity index (χ2n) is 7.70. The monoisotopic (exact) mass is 509 g/mol. The number of anilines is 2. The Morgan fingerprint density at radius 3 is 2.28 bits per heavy atom. The van der Waals surface area contributed by atoms with Crippen molar-refractivity contribution in [2.75, 3.05) is 10.6 Å². The second-order valence-corrected chi connectivity index (χ2v) is 7.70. The van der Waals surface area contributed by atoms with Gasteiger partial charge in [0.1, 0.15) is 11.5 Å². The molecule has 4 aromatic rings. The summed E-state index contributed by atoms with van der Waals surface area (Å²) < 4.78 is 78.4. The third kappa shape index (κ3) is 4.56. The molecule has 0 atom stereocenters. The van der Waals surface area contributed by atoms with Crippen LogP contribution in [0, 0.1) is 0 Å². The van der Waals surface area contributed by atoms with E-state index in [9.17, 15) is 36.2 Å². The molecule has 7 nitrogen and oxygen atoms in total. The minimum atomic E-state index is -6.01. The van der Waals surface area contributed by atoms with Gasteiger partial charge < -0.3 is 20.7 Å². The molecule has 0 fully saturated rings. The lowest BCUT2D eigenvalue weighted by molar-refractivity contribution is -0.376. The number of benzene rings is 1. The summed E-state index contributed by atoms with van der Waals surface area (Å²) >= 11 is 0. The number of aromatic amines is 1. The topological polar surface area (TPSA) is 103 Å². The molecule has 13 heteroatoms. The number of aromatic nitrogens is 3. The van der Waals surface area contributed by atoms with E-state index in [1.54, 1.807) is 18.5 Å². The van der Waals surface area contributed by atoms with Crippen molar-refractivity contribution in [1.29, 1.82) is 0 Å². The van der Waals surface area contributed by atoms with Gasteiger partial charge in [-0.3, -0.25) is 4.79 Å². The smallest absolute Gasteiger partial charge is 0.369 e. The van der Waals surface area contributed by atoms with E-state index in [1.807, 2.05) is 6.07 Å². The van der Waals surface area contributed by atoms with Gasteiger partial charge in [0.2, 0.25) is 0 Å². The van der Waals surface area contributed by atoms with Crippen LogP contribution in [0.15, 0.2) is 67.1 Å². The molecule has 0 aliphatic rings. The summed E-state index contributed by atoms with van der Waals surface area (Å²) in [5.74, 6) is -0.502. The van der Waals surface area contributed by atoms with E-state index in [4.69, 9.17) is 0 Å². The molecule has 4 N–H and O–H groups in total. The number of hydrogen-bond donors (Lipinski definition) is 4. The summed E-state index contributed by atoms with van der Waals surface area (Å²) in [6.07, 6.45) is -7.22. The van der Waals surface area contributed by atoms with Crippen LogP contribution in [0.5, 0.6) is 0 Å². The molecule has 0 saturated heterocycles. The normalized spacial score (nSPS) is 12.5. The number of H-pyrrole nitrogens is 1. The van der Waals surface area contributed by atoms with Gasteiger partial charge in [0.05, 0.1) is 5.56 Å². The second kappa shape index (κ2) is 9.15. The number of amides is 1. The van der Waals surface area contributed by atoms with Crippen molar-refractivity contribution in [2.24, 2.45) is 0 Å². The van der Waals surface area contributed by atoms with Crippen molar-refractivity contribution >= 4 is 28.4 Å². The summed E-state index contributed by atoms with van der Waals surface area (Å²) in [5.41, 5.74) is -4.94. The van der Waals surface area contributed by atoms with E-state index in [0.717, 1.165) is 23.1 Å². The molecule has 36 heavy (non-hydrogen) atoms. The third-order valence-corrected chi connectivity index (χ3v) is 5.43. The third-order valence-electron chi connectivity index (χ3n) is 5.43. The summed E-state index contributed by atoms with van der Waals surface area (Å²) in [4.78, 5) is 24.1. The molecule has 0 spiro atoms. The van der Waals surface area contributed by atoms with Gasteiger partial charge in [0.25, 0.3) is 11.5 Å². The molecule has 0 aliphatic heterocycles. The van der Waals surface area contributed by atoms with Crippen LogP contribution in [-0.2, 0) is 12.1 Å². The van der Waals surface area contributed by atoms with Gasteiger partial charge in [-0.15, -0.1) is 0 Å². The zero-order valence-corrected chi connectivity index (χ0v) is 18.1. The summed E-state index contributed by atoms with van der Waals surface area (Å²) in [6.45, 7) is 0.288. The fraction of sp³-hybridized carbons (Fsp3) is 0.174. The molecule has 4 rings (SSSR count). The Morgan fingerprint density at radius 1 is 0.917 bits per heavy atom. The molecular weight excluding hydrogens is 492 g/mol. The van der Waals surface area contributed by atoms with Gasteiger partial charge in [-0.25, -0.2) is 9.97 Å². The molecule has 0 aliphatic carbocycles. The number of nitrogens with one attached hydrogen (secondary N) is 3. The van der Waals surface area contributed by atoms with Gasteiger partial charge >= 0.3 is 12.4 Å². The molecule has 1 aromatic carbocycles. The quantitative estimate of drug-likeness (QED) is 0.270. The highest BCUT2D eigenvalue weighted by Gasteiger charge is 2.71. The lowest BCUT2D eigenvalue weighted by atomic mass is 9.92. The molecule has 0 saturated carbocycles. The van der Waals surface area contributed by atoms with Gasteiger partial charge in [0, 0.05) is 41.8 Å². The van der Waals surface area contributed by atoms with E-state index in [0.29, 0.717) is 17.8 Å². The standard InChI is InChI=1S/C23H17F6N5O2/c24-22(25,26)21(36,23(27,28)29)14-3-5-15(6-4-14)34-20(35)17-2-1-9-30-19(17)33-12-13-7-10-31-18-16(13)8-11-32-18/h1-11,36H,12H2,(H,30,33)(H,31,32)(H,34,35). The highest BCUT2D eigenvalue weighted by Crippen LogP contribution is 2.50. The maximum atomic E-state index is 13.1. The Morgan fingerprint density at radius 2 is 1.61 bits per heavy atom. The molecule has 1 amide bonds. The zero-order valence-electron chi connectivity index (χ0n) is 18.1. The van der Waals surface area contributed by atoms with Crippen LogP contribution in [0.2, 0.25) is 0 Å². The van der Waals surface area contributed by atoms with Crippen LogP contribution in [0.3, 0.4) is 0 Å². The summed E-state index contributed by atoms with van der Waals surface area (Å²) in [7, 11) is 0. The van der Waals surface area contributed by atoms with E-state index >= 15 is 0 Å². The van der Waals surface area contributed by atoms with Crippen molar-refractivity contribution in [2.45, 2.75) is 24.5 Å². The molecule has 3 heterocycles. The minimum absolute atomic E-state index is 0.0861. The van der Waals surface area contributed by atoms with Crippen molar-refractivity contribution in [3.8, 4) is 0 Å². The first-order valence-corrected chi connectivity index (χ1v) is 10.3.